The third-order valence-electron chi connectivity index (χ3n) is 8.82. The Balaban J connectivity index is 3.92. The SMILES string of the molecule is CCCCC(CC)Cc1cc(C(=O)OCC(O)CO)c(C(=O)O)c(CC(CC)CCCC)c1CC(CC)CCCC. The maximum absolute atomic E-state index is 13.4. The monoisotopic (exact) mass is 576 g/mol. The third-order valence-corrected chi connectivity index (χ3v) is 8.82. The van der Waals surface area contributed by atoms with Crippen molar-refractivity contribution in [2.45, 2.75) is 144 Å². The number of aliphatic hydroxyl groups is 2. The summed E-state index contributed by atoms with van der Waals surface area (Å²) in [6.45, 7) is 12.3. The highest BCUT2D eigenvalue weighted by atomic mass is 16.5. The first-order chi connectivity index (χ1) is 19.7. The van der Waals surface area contributed by atoms with Crippen molar-refractivity contribution >= 4 is 11.9 Å². The van der Waals surface area contributed by atoms with Gasteiger partial charge < -0.3 is 20.1 Å². The molecule has 0 aliphatic carbocycles. The minimum atomic E-state index is -1.20. The maximum atomic E-state index is 13.4. The van der Waals surface area contributed by atoms with Gasteiger partial charge in [-0.3, -0.25) is 0 Å². The van der Waals surface area contributed by atoms with Crippen molar-refractivity contribution in [1.29, 1.82) is 0 Å². The lowest BCUT2D eigenvalue weighted by atomic mass is 9.77. The van der Waals surface area contributed by atoms with Gasteiger partial charge in [0.1, 0.15) is 12.7 Å². The molecule has 0 radical (unpaired) electrons. The van der Waals surface area contributed by atoms with Crippen molar-refractivity contribution in [3.8, 4) is 0 Å². The van der Waals surface area contributed by atoms with Gasteiger partial charge in [0.05, 0.1) is 17.7 Å². The van der Waals surface area contributed by atoms with Gasteiger partial charge >= 0.3 is 11.9 Å². The zero-order valence-corrected chi connectivity index (χ0v) is 27.0. The molecule has 4 unspecified atom stereocenters. The molecule has 0 aliphatic rings. The highest BCUT2D eigenvalue weighted by molar-refractivity contribution is 6.04. The summed E-state index contributed by atoms with van der Waals surface area (Å²) in [7, 11) is 0. The van der Waals surface area contributed by atoms with E-state index in [1.165, 1.54) is 0 Å². The highest BCUT2D eigenvalue weighted by Crippen LogP contribution is 2.35. The van der Waals surface area contributed by atoms with Crippen LogP contribution in [0.25, 0.3) is 0 Å². The summed E-state index contributed by atoms with van der Waals surface area (Å²) in [6, 6.07) is 1.80. The summed E-state index contributed by atoms with van der Waals surface area (Å²) in [4.78, 5) is 26.3. The number of carbonyl (C=O) groups is 2. The number of carboxylic acids is 1. The molecule has 1 aromatic carbocycles. The predicted molar refractivity (Wildman–Crippen MR) is 168 cm³/mol. The second-order valence-electron chi connectivity index (χ2n) is 12.0. The minimum absolute atomic E-state index is 0.0640. The molecule has 236 valence electrons. The predicted octanol–water partition coefficient (Wildman–Crippen LogP) is 8.17. The zero-order valence-electron chi connectivity index (χ0n) is 27.0. The van der Waals surface area contributed by atoms with Crippen LogP contribution in [0.3, 0.4) is 0 Å². The standard InChI is InChI=1S/C35H60O6/c1-7-13-16-25(10-4)19-28-22-32(35(40)41-24-29(37)23-36)33(34(38)39)31(21-27(12-6)18-15-9-3)30(28)20-26(11-5)17-14-8-2/h22,25-27,29,36-37H,7-21,23-24H2,1-6H3,(H,38,39). The first-order valence-corrected chi connectivity index (χ1v) is 16.6. The summed E-state index contributed by atoms with van der Waals surface area (Å²) in [6.07, 6.45) is 14.0. The maximum Gasteiger partial charge on any atom is 0.339 e. The lowest BCUT2D eigenvalue weighted by molar-refractivity contribution is 0.00909. The molecule has 0 fully saturated rings. The Kier molecular flexibility index (Phi) is 18.9. The number of benzene rings is 1. The van der Waals surface area contributed by atoms with Crippen LogP contribution >= 0.6 is 0 Å². The molecule has 1 rings (SSSR count). The first-order valence-electron chi connectivity index (χ1n) is 16.6. The summed E-state index contributed by atoms with van der Waals surface area (Å²) in [5.74, 6) is -0.606. The number of esters is 1. The van der Waals surface area contributed by atoms with Gasteiger partial charge in [0.25, 0.3) is 0 Å². The van der Waals surface area contributed by atoms with Crippen molar-refractivity contribution in [1.82, 2.24) is 0 Å². The van der Waals surface area contributed by atoms with Crippen molar-refractivity contribution in [3.63, 3.8) is 0 Å². The summed E-state index contributed by atoms with van der Waals surface area (Å²) >= 11 is 0. The Morgan fingerprint density at radius 2 is 1.22 bits per heavy atom. The molecule has 0 heterocycles. The van der Waals surface area contributed by atoms with E-state index in [4.69, 9.17) is 4.74 Å². The molecule has 6 nitrogen and oxygen atoms in total. The number of hydrogen-bond donors (Lipinski definition) is 3. The Morgan fingerprint density at radius 1 is 0.756 bits per heavy atom. The van der Waals surface area contributed by atoms with Crippen LogP contribution in [0, 0.1) is 17.8 Å². The van der Waals surface area contributed by atoms with E-state index < -0.39 is 24.6 Å². The Morgan fingerprint density at radius 3 is 1.63 bits per heavy atom. The van der Waals surface area contributed by atoms with E-state index in [1.807, 2.05) is 0 Å². The fourth-order valence-corrected chi connectivity index (χ4v) is 5.93. The molecule has 0 spiro atoms. The molecule has 0 aromatic heterocycles. The molecule has 0 aliphatic heterocycles. The smallest absolute Gasteiger partial charge is 0.339 e. The van der Waals surface area contributed by atoms with Gasteiger partial charge in [-0.05, 0) is 59.8 Å². The molecule has 3 N–H and O–H groups in total. The number of ether oxygens (including phenoxy) is 1. The van der Waals surface area contributed by atoms with E-state index in [2.05, 4.69) is 41.5 Å². The van der Waals surface area contributed by atoms with Crippen LogP contribution in [0.15, 0.2) is 6.07 Å². The van der Waals surface area contributed by atoms with E-state index in [0.717, 1.165) is 107 Å². The summed E-state index contributed by atoms with van der Waals surface area (Å²) in [5, 5.41) is 29.6. The van der Waals surface area contributed by atoms with Gasteiger partial charge in [0.2, 0.25) is 0 Å². The van der Waals surface area contributed by atoms with Crippen LogP contribution in [-0.4, -0.2) is 46.6 Å². The number of hydrogen-bond acceptors (Lipinski definition) is 5. The number of rotatable bonds is 23. The highest BCUT2D eigenvalue weighted by Gasteiger charge is 2.30. The van der Waals surface area contributed by atoms with Crippen LogP contribution < -0.4 is 0 Å². The number of unbranched alkanes of at least 4 members (excludes halogenated alkanes) is 3. The van der Waals surface area contributed by atoms with E-state index in [1.54, 1.807) is 6.07 Å². The lowest BCUT2D eigenvalue weighted by Gasteiger charge is -2.27. The van der Waals surface area contributed by atoms with Crippen molar-refractivity contribution in [2.24, 2.45) is 17.8 Å². The quantitative estimate of drug-likeness (QED) is 0.114. The van der Waals surface area contributed by atoms with E-state index >= 15 is 0 Å². The van der Waals surface area contributed by atoms with Crippen molar-refractivity contribution in [2.75, 3.05) is 13.2 Å². The van der Waals surface area contributed by atoms with Crippen molar-refractivity contribution in [3.05, 3.63) is 33.9 Å². The Hall–Kier alpha value is -1.92. The molecule has 0 saturated carbocycles. The molecule has 0 bridgehead atoms. The Bertz CT molecular complexity index is 895. The van der Waals surface area contributed by atoms with Gasteiger partial charge in [-0.25, -0.2) is 9.59 Å². The average Bonchev–Trinajstić information content (AvgIpc) is 2.97. The third kappa shape index (κ3) is 12.5. The number of carboxylic acid groups (broad SMARTS) is 1. The van der Waals surface area contributed by atoms with Gasteiger partial charge in [0, 0.05) is 0 Å². The molecule has 1 aromatic rings. The topological polar surface area (TPSA) is 104 Å². The van der Waals surface area contributed by atoms with Gasteiger partial charge in [0.15, 0.2) is 0 Å². The van der Waals surface area contributed by atoms with E-state index in [-0.39, 0.29) is 17.7 Å². The zero-order chi connectivity index (χ0) is 30.8. The second kappa shape index (κ2) is 20.9. The summed E-state index contributed by atoms with van der Waals surface area (Å²) < 4.78 is 5.36. The van der Waals surface area contributed by atoms with Crippen LogP contribution in [0.2, 0.25) is 0 Å². The molecular weight excluding hydrogens is 516 g/mol. The van der Waals surface area contributed by atoms with Crippen LogP contribution in [0.1, 0.15) is 156 Å². The largest absolute Gasteiger partial charge is 0.478 e. The summed E-state index contributed by atoms with van der Waals surface area (Å²) in [5.41, 5.74) is 3.18. The minimum Gasteiger partial charge on any atom is -0.478 e. The normalized spacial score (nSPS) is 14.4. The van der Waals surface area contributed by atoms with E-state index in [0.29, 0.717) is 24.2 Å². The first kappa shape index (κ1) is 37.1. The van der Waals surface area contributed by atoms with Gasteiger partial charge in [-0.15, -0.1) is 0 Å². The molecule has 0 saturated heterocycles. The van der Waals surface area contributed by atoms with Crippen molar-refractivity contribution < 1.29 is 29.6 Å². The Labute approximate surface area is 250 Å². The number of aliphatic hydroxyl groups excluding tert-OH is 2. The number of carbonyl (C=O) groups excluding carboxylic acids is 1. The van der Waals surface area contributed by atoms with Crippen LogP contribution in [-0.2, 0) is 24.0 Å². The molecule has 41 heavy (non-hydrogen) atoms. The second-order valence-corrected chi connectivity index (χ2v) is 12.0. The van der Waals surface area contributed by atoms with Gasteiger partial charge in [-0.2, -0.15) is 0 Å². The lowest BCUT2D eigenvalue weighted by Crippen LogP contribution is -2.25. The molecule has 0 amide bonds. The van der Waals surface area contributed by atoms with E-state index in [9.17, 15) is 24.9 Å². The average molecular weight is 577 g/mol. The molecule has 6 heteroatoms. The van der Waals surface area contributed by atoms with Crippen LogP contribution in [0.4, 0.5) is 0 Å². The fraction of sp³-hybridized carbons (Fsp3) is 0.771. The molecule has 4 atom stereocenters. The molecular formula is C35H60O6. The fourth-order valence-electron chi connectivity index (χ4n) is 5.93. The van der Waals surface area contributed by atoms with Gasteiger partial charge in [-0.1, -0.05) is 119 Å². The number of aromatic carboxylic acids is 1. The van der Waals surface area contributed by atoms with Crippen LogP contribution in [0.5, 0.6) is 0 Å².